The summed E-state index contributed by atoms with van der Waals surface area (Å²) in [6, 6.07) is 5.77. The number of methoxy groups -OCH3 is 1. The van der Waals surface area contributed by atoms with Crippen LogP contribution in [0.25, 0.3) is 0 Å². The van der Waals surface area contributed by atoms with Gasteiger partial charge in [0.1, 0.15) is 4.99 Å². The lowest BCUT2D eigenvalue weighted by Gasteiger charge is -2.08. The molecule has 1 amide bonds. The van der Waals surface area contributed by atoms with Crippen LogP contribution in [0.2, 0.25) is 0 Å². The number of benzene rings is 1. The highest BCUT2D eigenvalue weighted by atomic mass is 32.2. The number of carbonyl (C=O) groups is 1. The Morgan fingerprint density at radius 3 is 2.48 bits per heavy atom. The maximum atomic E-state index is 12.0. The topological polar surface area (TPSA) is 111 Å². The highest BCUT2D eigenvalue weighted by molar-refractivity contribution is 7.89. The smallest absolute Gasteiger partial charge is 0.241 e. The SMILES string of the molecule is COCCNC(=O)CNS(=O)(=O)c1ccc(C(N)=S)cc1. The van der Waals surface area contributed by atoms with E-state index in [0.29, 0.717) is 18.7 Å². The van der Waals surface area contributed by atoms with E-state index in [2.05, 4.69) is 10.0 Å². The molecule has 0 unspecified atom stereocenters. The van der Waals surface area contributed by atoms with E-state index in [1.165, 1.54) is 31.4 Å². The first-order chi connectivity index (χ1) is 9.86. The van der Waals surface area contributed by atoms with Crippen molar-refractivity contribution in [1.82, 2.24) is 10.0 Å². The minimum atomic E-state index is -3.75. The van der Waals surface area contributed by atoms with Crippen molar-refractivity contribution in [1.29, 1.82) is 0 Å². The molecule has 0 aliphatic carbocycles. The van der Waals surface area contributed by atoms with Crippen LogP contribution in [0.3, 0.4) is 0 Å². The Hall–Kier alpha value is -1.55. The number of amides is 1. The van der Waals surface area contributed by atoms with E-state index in [0.717, 1.165) is 0 Å². The second-order valence-electron chi connectivity index (χ2n) is 4.06. The second-order valence-corrected chi connectivity index (χ2v) is 6.26. The first-order valence-corrected chi connectivity index (χ1v) is 7.91. The van der Waals surface area contributed by atoms with Crippen molar-refractivity contribution in [2.45, 2.75) is 4.90 Å². The number of carbonyl (C=O) groups excluding carboxylic acids is 1. The molecule has 21 heavy (non-hydrogen) atoms. The Morgan fingerprint density at radius 1 is 1.33 bits per heavy atom. The molecule has 9 heteroatoms. The molecular weight excluding hydrogens is 314 g/mol. The molecule has 0 saturated heterocycles. The lowest BCUT2D eigenvalue weighted by molar-refractivity contribution is -0.120. The third-order valence-corrected chi connectivity index (χ3v) is 4.15. The van der Waals surface area contributed by atoms with Crippen LogP contribution < -0.4 is 15.8 Å². The van der Waals surface area contributed by atoms with Crippen molar-refractivity contribution < 1.29 is 17.9 Å². The van der Waals surface area contributed by atoms with Gasteiger partial charge >= 0.3 is 0 Å². The summed E-state index contributed by atoms with van der Waals surface area (Å²) in [5.74, 6) is -0.435. The lowest BCUT2D eigenvalue weighted by Crippen LogP contribution is -2.38. The molecule has 0 heterocycles. The van der Waals surface area contributed by atoms with Crippen molar-refractivity contribution in [3.63, 3.8) is 0 Å². The first-order valence-electron chi connectivity index (χ1n) is 6.02. The highest BCUT2D eigenvalue weighted by Crippen LogP contribution is 2.10. The average molecular weight is 331 g/mol. The number of ether oxygens (including phenoxy) is 1. The second kappa shape index (κ2) is 8.03. The van der Waals surface area contributed by atoms with Crippen LogP contribution in [0.5, 0.6) is 0 Å². The van der Waals surface area contributed by atoms with Gasteiger partial charge in [-0.3, -0.25) is 4.79 Å². The fourth-order valence-electron chi connectivity index (χ4n) is 1.40. The van der Waals surface area contributed by atoms with Gasteiger partial charge in [0.25, 0.3) is 0 Å². The molecule has 0 aliphatic heterocycles. The summed E-state index contributed by atoms with van der Waals surface area (Å²) in [5, 5.41) is 2.51. The zero-order valence-electron chi connectivity index (χ0n) is 11.5. The van der Waals surface area contributed by atoms with Crippen molar-refractivity contribution in [3.8, 4) is 0 Å². The summed E-state index contributed by atoms with van der Waals surface area (Å²) in [7, 11) is -2.25. The molecular formula is C12H17N3O4S2. The van der Waals surface area contributed by atoms with Gasteiger partial charge in [-0.2, -0.15) is 0 Å². The fourth-order valence-corrected chi connectivity index (χ4v) is 2.52. The maximum Gasteiger partial charge on any atom is 0.241 e. The van der Waals surface area contributed by atoms with Gasteiger partial charge in [-0.15, -0.1) is 0 Å². The van der Waals surface area contributed by atoms with Crippen LogP contribution in [0.1, 0.15) is 5.56 Å². The number of sulfonamides is 1. The monoisotopic (exact) mass is 331 g/mol. The standard InChI is InChI=1S/C12H17N3O4S2/c1-19-7-6-14-11(16)8-15-21(17,18)10-4-2-9(3-5-10)12(13)20/h2-5,15H,6-8H2,1H3,(H2,13,20)(H,14,16). The maximum absolute atomic E-state index is 12.0. The summed E-state index contributed by atoms with van der Waals surface area (Å²) >= 11 is 4.78. The molecule has 1 aromatic carbocycles. The molecule has 0 aromatic heterocycles. The largest absolute Gasteiger partial charge is 0.389 e. The molecule has 4 N–H and O–H groups in total. The van der Waals surface area contributed by atoms with Crippen LogP contribution in [-0.2, 0) is 19.6 Å². The molecule has 1 rings (SSSR count). The van der Waals surface area contributed by atoms with Crippen LogP contribution in [0.15, 0.2) is 29.2 Å². The number of thiocarbonyl (C=S) groups is 1. The van der Waals surface area contributed by atoms with Crippen molar-refractivity contribution in [2.24, 2.45) is 5.73 Å². The molecule has 0 saturated carbocycles. The van der Waals surface area contributed by atoms with E-state index in [1.54, 1.807) is 0 Å². The van der Waals surface area contributed by atoms with Crippen LogP contribution >= 0.6 is 12.2 Å². The van der Waals surface area contributed by atoms with E-state index < -0.39 is 15.9 Å². The van der Waals surface area contributed by atoms with Gasteiger partial charge in [0, 0.05) is 19.2 Å². The molecule has 0 aliphatic rings. The van der Waals surface area contributed by atoms with Crippen molar-refractivity contribution in [2.75, 3.05) is 26.8 Å². The van der Waals surface area contributed by atoms with Gasteiger partial charge in [0.15, 0.2) is 0 Å². The number of nitrogens with one attached hydrogen (secondary N) is 2. The predicted molar refractivity (Wildman–Crippen MR) is 82.4 cm³/mol. The Kier molecular flexibility index (Phi) is 6.69. The molecule has 0 spiro atoms. The highest BCUT2D eigenvalue weighted by Gasteiger charge is 2.15. The predicted octanol–water partition coefficient (Wildman–Crippen LogP) is -0.638. The minimum Gasteiger partial charge on any atom is -0.389 e. The fraction of sp³-hybridized carbons (Fsp3) is 0.333. The normalized spacial score (nSPS) is 11.1. The van der Waals surface area contributed by atoms with Crippen LogP contribution in [-0.4, -0.2) is 46.1 Å². The Morgan fingerprint density at radius 2 is 1.95 bits per heavy atom. The Labute approximate surface area is 128 Å². The van der Waals surface area contributed by atoms with E-state index in [-0.39, 0.29) is 16.4 Å². The minimum absolute atomic E-state index is 0.0344. The summed E-state index contributed by atoms with van der Waals surface area (Å²) < 4.78 is 30.9. The van der Waals surface area contributed by atoms with Crippen LogP contribution in [0.4, 0.5) is 0 Å². The van der Waals surface area contributed by atoms with Gasteiger partial charge < -0.3 is 15.8 Å². The van der Waals surface area contributed by atoms with E-state index in [4.69, 9.17) is 22.7 Å². The average Bonchev–Trinajstić information content (AvgIpc) is 2.45. The quantitative estimate of drug-likeness (QED) is 0.432. The lowest BCUT2D eigenvalue weighted by atomic mass is 10.2. The number of nitrogens with two attached hydrogens (primary N) is 1. The van der Waals surface area contributed by atoms with Gasteiger partial charge in [-0.05, 0) is 12.1 Å². The van der Waals surface area contributed by atoms with Gasteiger partial charge in [0.05, 0.1) is 18.0 Å². The first kappa shape index (κ1) is 17.5. The summed E-state index contributed by atoms with van der Waals surface area (Å²) in [5.41, 5.74) is 6.00. The summed E-state index contributed by atoms with van der Waals surface area (Å²) in [6.45, 7) is 0.335. The number of hydrogen-bond donors (Lipinski definition) is 3. The van der Waals surface area contributed by atoms with E-state index in [9.17, 15) is 13.2 Å². The zero-order chi connectivity index (χ0) is 15.9. The molecule has 7 nitrogen and oxygen atoms in total. The third-order valence-electron chi connectivity index (χ3n) is 2.50. The third kappa shape index (κ3) is 5.76. The molecule has 116 valence electrons. The van der Waals surface area contributed by atoms with E-state index in [1.807, 2.05) is 0 Å². The Balaban J connectivity index is 2.61. The van der Waals surface area contributed by atoms with Gasteiger partial charge in [-0.25, -0.2) is 13.1 Å². The van der Waals surface area contributed by atoms with Crippen LogP contribution in [0, 0.1) is 0 Å². The Bertz CT molecular complexity index is 599. The zero-order valence-corrected chi connectivity index (χ0v) is 13.1. The molecule has 0 atom stereocenters. The summed E-state index contributed by atoms with van der Waals surface area (Å²) in [4.78, 5) is 11.6. The molecule has 0 bridgehead atoms. The number of hydrogen-bond acceptors (Lipinski definition) is 5. The van der Waals surface area contributed by atoms with Crippen molar-refractivity contribution >= 4 is 33.1 Å². The van der Waals surface area contributed by atoms with Crippen molar-refractivity contribution in [3.05, 3.63) is 29.8 Å². The van der Waals surface area contributed by atoms with E-state index >= 15 is 0 Å². The molecule has 0 radical (unpaired) electrons. The number of rotatable bonds is 8. The van der Waals surface area contributed by atoms with Gasteiger partial charge in [-0.1, -0.05) is 24.4 Å². The van der Waals surface area contributed by atoms with Gasteiger partial charge in [0.2, 0.25) is 15.9 Å². The molecule has 1 aromatic rings. The molecule has 0 fully saturated rings. The summed E-state index contributed by atoms with van der Waals surface area (Å²) in [6.07, 6.45) is 0.